The number of nitrogens with two attached hydrogens (primary N) is 1. The van der Waals surface area contributed by atoms with Crippen LogP contribution in [0.5, 0.6) is 0 Å². The number of carbonyl (C=O) groups excluding carboxylic acids is 2. The van der Waals surface area contributed by atoms with Gasteiger partial charge in [-0.2, -0.15) is 0 Å². The van der Waals surface area contributed by atoms with Crippen molar-refractivity contribution in [2.24, 2.45) is 28.4 Å². The lowest BCUT2D eigenvalue weighted by atomic mass is 9.97. The van der Waals surface area contributed by atoms with Crippen LogP contribution in [0.15, 0.2) is 0 Å². The average molecular weight is 579 g/mol. The van der Waals surface area contributed by atoms with Crippen molar-refractivity contribution in [2.45, 2.75) is 155 Å². The molecule has 244 valence electrons. The molecule has 0 atom stereocenters. The van der Waals surface area contributed by atoms with Gasteiger partial charge in [0.05, 0.1) is 23.0 Å². The summed E-state index contributed by atoms with van der Waals surface area (Å²) in [5.41, 5.74) is 4.36. The number of ether oxygens (including phenoxy) is 2. The van der Waals surface area contributed by atoms with E-state index in [2.05, 4.69) is 39.9 Å². The van der Waals surface area contributed by atoms with Crippen molar-refractivity contribution in [3.8, 4) is 0 Å². The first-order valence-electron chi connectivity index (χ1n) is 14.3. The van der Waals surface area contributed by atoms with E-state index in [1.807, 2.05) is 83.1 Å². The van der Waals surface area contributed by atoms with E-state index >= 15 is 0 Å². The van der Waals surface area contributed by atoms with Gasteiger partial charge < -0.3 is 25.6 Å². The highest BCUT2D eigenvalue weighted by molar-refractivity contribution is 5.78. The van der Waals surface area contributed by atoms with Gasteiger partial charge in [0, 0.05) is 23.6 Å². The van der Waals surface area contributed by atoms with Gasteiger partial charge >= 0.3 is 11.9 Å². The summed E-state index contributed by atoms with van der Waals surface area (Å²) < 4.78 is 10.3. The normalized spacial score (nSPS) is 11.8. The zero-order valence-electron chi connectivity index (χ0n) is 30.1. The van der Waals surface area contributed by atoms with Gasteiger partial charge in [-0.05, 0) is 117 Å². The smallest absolute Gasteiger partial charge is 0.311 e. The summed E-state index contributed by atoms with van der Waals surface area (Å²) in [6.07, 6.45) is 0. The van der Waals surface area contributed by atoms with Crippen molar-refractivity contribution in [1.29, 1.82) is 0 Å². The molecule has 8 nitrogen and oxygen atoms in total. The van der Waals surface area contributed by atoms with E-state index in [1.54, 1.807) is 20.8 Å². The Morgan fingerprint density at radius 2 is 1.07 bits per heavy atom. The molecule has 0 heterocycles. The first kappa shape index (κ1) is 48.1. The molecule has 0 bridgehead atoms. The summed E-state index contributed by atoms with van der Waals surface area (Å²) >= 11 is 0. The van der Waals surface area contributed by atoms with Crippen molar-refractivity contribution < 1.29 is 29.0 Å². The maximum Gasteiger partial charge on any atom is 0.311 e. The number of aliphatic carboxylic acids is 1. The molecule has 0 aliphatic heterocycles. The number of esters is 1. The summed E-state index contributed by atoms with van der Waals surface area (Å²) in [6.45, 7) is 39.8. The summed E-state index contributed by atoms with van der Waals surface area (Å²) in [5.74, 6) is -0.0477. The van der Waals surface area contributed by atoms with Gasteiger partial charge in [-0.3, -0.25) is 14.4 Å². The Balaban J connectivity index is -0.000000130. The van der Waals surface area contributed by atoms with Gasteiger partial charge in [0.2, 0.25) is 5.91 Å². The zero-order valence-corrected chi connectivity index (χ0v) is 30.1. The van der Waals surface area contributed by atoms with Crippen molar-refractivity contribution in [3.63, 3.8) is 0 Å². The Kier molecular flexibility index (Phi) is 25.4. The molecule has 0 aliphatic carbocycles. The van der Waals surface area contributed by atoms with E-state index in [0.717, 1.165) is 6.61 Å². The number of carboxylic acids is 1. The standard InChI is InChI=1S/C8H17NO.C8H18O.C7H14O2.C5H10O2.C4H11N/c1-6(2)7(10)9-8(3,4)5;1-7(2)6-9-8(3,4)5;1-5-9-6(8)7(2,3)4;1-5(2,3)4(6)7;1-4(2,3)5/h6H,1-5H3,(H,9,10);7H,6H2,1-5H3;5H2,1-4H3;1-3H3,(H,6,7);5H2,1-3H3. The summed E-state index contributed by atoms with van der Waals surface area (Å²) in [5, 5.41) is 11.1. The number of hydrogen-bond donors (Lipinski definition) is 3. The lowest BCUT2D eigenvalue weighted by Gasteiger charge is -2.21. The van der Waals surface area contributed by atoms with E-state index in [0.29, 0.717) is 12.5 Å². The summed E-state index contributed by atoms with van der Waals surface area (Å²) in [4.78, 5) is 31.9. The van der Waals surface area contributed by atoms with Crippen LogP contribution in [0.1, 0.15) is 138 Å². The molecule has 0 saturated heterocycles. The van der Waals surface area contributed by atoms with Crippen LogP contribution in [0.2, 0.25) is 0 Å². The Morgan fingerprint density at radius 1 is 0.750 bits per heavy atom. The molecule has 8 heteroatoms. The summed E-state index contributed by atoms with van der Waals surface area (Å²) in [6, 6.07) is 0. The zero-order chi connectivity index (χ0) is 33.9. The second kappa shape index (κ2) is 21.1. The highest BCUT2D eigenvalue weighted by Gasteiger charge is 2.22. The lowest BCUT2D eigenvalue weighted by molar-refractivity contribution is -0.152. The number of carboxylic acid groups (broad SMARTS) is 1. The molecule has 0 fully saturated rings. The van der Waals surface area contributed by atoms with E-state index in [9.17, 15) is 14.4 Å². The third kappa shape index (κ3) is 56.5. The number of carbonyl (C=O) groups is 3. The fourth-order valence-corrected chi connectivity index (χ4v) is 1.28. The molecule has 0 rings (SSSR count). The minimum absolute atomic E-state index is 0. The van der Waals surface area contributed by atoms with Gasteiger partial charge in [-0.25, -0.2) is 0 Å². The van der Waals surface area contributed by atoms with Gasteiger partial charge in [0.25, 0.3) is 0 Å². The van der Waals surface area contributed by atoms with Crippen LogP contribution in [0.3, 0.4) is 0 Å². The van der Waals surface area contributed by atoms with Crippen LogP contribution >= 0.6 is 0 Å². The average Bonchev–Trinajstić information content (AvgIpc) is 2.63. The van der Waals surface area contributed by atoms with Crippen LogP contribution < -0.4 is 11.1 Å². The fraction of sp³-hybridized carbons (Fsp3) is 0.906. The Hall–Kier alpha value is -1.67. The van der Waals surface area contributed by atoms with Gasteiger partial charge in [0.1, 0.15) is 0 Å². The topological polar surface area (TPSA) is 128 Å². The fourth-order valence-electron chi connectivity index (χ4n) is 1.28. The van der Waals surface area contributed by atoms with Crippen LogP contribution in [0.4, 0.5) is 0 Å². The molecule has 4 N–H and O–H groups in total. The van der Waals surface area contributed by atoms with Crippen molar-refractivity contribution in [2.75, 3.05) is 13.2 Å². The molecule has 0 aliphatic rings. The largest absolute Gasteiger partial charge is 0.481 e. The SMILES string of the molecule is CC(C)(C)C(=O)O.CC(C)(C)N.CC(C)C(=O)NC(C)(C)C.CC(C)COC(C)(C)C.CCOC(=O)C(C)(C)C. The summed E-state index contributed by atoms with van der Waals surface area (Å²) in [7, 11) is 0. The van der Waals surface area contributed by atoms with Crippen molar-refractivity contribution in [1.82, 2.24) is 5.32 Å². The molecular weight excluding hydrogens is 508 g/mol. The van der Waals surface area contributed by atoms with Crippen LogP contribution in [-0.4, -0.2) is 52.8 Å². The molecule has 0 aromatic heterocycles. The van der Waals surface area contributed by atoms with Gasteiger partial charge in [-0.15, -0.1) is 0 Å². The van der Waals surface area contributed by atoms with Crippen molar-refractivity contribution in [3.05, 3.63) is 0 Å². The molecule has 0 unspecified atom stereocenters. The Labute approximate surface area is 248 Å². The van der Waals surface area contributed by atoms with Gasteiger partial charge in [-0.1, -0.05) is 27.7 Å². The lowest BCUT2D eigenvalue weighted by Crippen LogP contribution is -2.42. The number of hydrogen-bond acceptors (Lipinski definition) is 6. The first-order chi connectivity index (χ1) is 17.2. The van der Waals surface area contributed by atoms with E-state index < -0.39 is 11.4 Å². The minimum atomic E-state index is -0.757. The second-order valence-corrected chi connectivity index (χ2v) is 15.6. The van der Waals surface area contributed by atoms with Crippen LogP contribution in [0.25, 0.3) is 0 Å². The highest BCUT2D eigenvalue weighted by Crippen LogP contribution is 2.14. The monoisotopic (exact) mass is 579 g/mol. The molecule has 0 spiro atoms. The van der Waals surface area contributed by atoms with Gasteiger partial charge in [0.15, 0.2) is 0 Å². The predicted octanol–water partition coefficient (Wildman–Crippen LogP) is 7.47. The molecule has 0 aromatic carbocycles. The van der Waals surface area contributed by atoms with E-state index in [-0.39, 0.29) is 39.9 Å². The number of nitrogens with one attached hydrogen (secondary N) is 1. The highest BCUT2D eigenvalue weighted by atomic mass is 16.5. The molecule has 1 amide bonds. The number of amides is 1. The Morgan fingerprint density at radius 3 is 1.15 bits per heavy atom. The predicted molar refractivity (Wildman–Crippen MR) is 170 cm³/mol. The van der Waals surface area contributed by atoms with Crippen LogP contribution in [0, 0.1) is 22.7 Å². The second-order valence-electron chi connectivity index (χ2n) is 15.6. The molecule has 0 aromatic rings. The van der Waals surface area contributed by atoms with E-state index in [4.69, 9.17) is 20.3 Å². The minimum Gasteiger partial charge on any atom is -0.481 e. The molecule has 0 saturated carbocycles. The third-order valence-corrected chi connectivity index (χ3v) is 3.40. The molecular formula is C32H70N2O6. The maximum absolute atomic E-state index is 11.0. The Bertz CT molecular complexity index is 660. The van der Waals surface area contributed by atoms with Crippen molar-refractivity contribution >= 4 is 17.8 Å². The maximum atomic E-state index is 11.0. The first-order valence-corrected chi connectivity index (χ1v) is 14.3. The van der Waals surface area contributed by atoms with E-state index in [1.165, 1.54) is 0 Å². The molecule has 40 heavy (non-hydrogen) atoms. The van der Waals surface area contributed by atoms with Crippen LogP contribution in [-0.2, 0) is 23.9 Å². The number of rotatable bonds is 4. The third-order valence-electron chi connectivity index (χ3n) is 3.40. The quantitative estimate of drug-likeness (QED) is 0.295. The molecule has 0 radical (unpaired) electrons.